The van der Waals surface area contributed by atoms with Crippen molar-refractivity contribution in [3.63, 3.8) is 0 Å². The molecule has 196 valence electrons. The maximum absolute atomic E-state index is 13.8. The van der Waals surface area contributed by atoms with Gasteiger partial charge in [-0.3, -0.25) is 14.5 Å². The Hall–Kier alpha value is -3.97. The van der Waals surface area contributed by atoms with Crippen molar-refractivity contribution in [1.82, 2.24) is 9.78 Å². The van der Waals surface area contributed by atoms with E-state index in [1.807, 2.05) is 18.2 Å². The lowest BCUT2D eigenvalue weighted by molar-refractivity contribution is -0.119. The highest BCUT2D eigenvalue weighted by Crippen LogP contribution is 2.32. The number of nitrogens with two attached hydrogens (primary N) is 1. The van der Waals surface area contributed by atoms with E-state index in [0.29, 0.717) is 33.1 Å². The van der Waals surface area contributed by atoms with Gasteiger partial charge in [0.2, 0.25) is 11.8 Å². The Morgan fingerprint density at radius 1 is 1.03 bits per heavy atom. The van der Waals surface area contributed by atoms with Crippen LogP contribution >= 0.6 is 11.6 Å². The summed E-state index contributed by atoms with van der Waals surface area (Å²) in [7, 11) is 1.71. The lowest BCUT2D eigenvalue weighted by Crippen LogP contribution is -2.32. The minimum atomic E-state index is -0.605. The van der Waals surface area contributed by atoms with Gasteiger partial charge < -0.3 is 5.73 Å². The number of likely N-dealkylation sites (N-methyl/N-ethyl adjacent to an activating group) is 1. The zero-order chi connectivity index (χ0) is 27.8. The third kappa shape index (κ3) is 5.48. The van der Waals surface area contributed by atoms with E-state index in [2.05, 4.69) is 20.8 Å². The molecule has 0 saturated heterocycles. The van der Waals surface area contributed by atoms with Gasteiger partial charge in [0, 0.05) is 29.1 Å². The van der Waals surface area contributed by atoms with Gasteiger partial charge in [-0.15, -0.1) is 0 Å². The number of benzene rings is 3. The summed E-state index contributed by atoms with van der Waals surface area (Å²) in [5.41, 5.74) is 9.07. The highest BCUT2D eigenvalue weighted by molar-refractivity contribution is 6.30. The molecule has 0 saturated carbocycles. The summed E-state index contributed by atoms with van der Waals surface area (Å²) in [6.45, 7) is 7.98. The molecule has 0 spiro atoms. The molecular formula is C30H30ClFN4O2. The molecule has 2 N–H and O–H groups in total. The summed E-state index contributed by atoms with van der Waals surface area (Å²) in [4.78, 5) is 27.5. The van der Waals surface area contributed by atoms with E-state index in [1.165, 1.54) is 12.1 Å². The van der Waals surface area contributed by atoms with E-state index in [9.17, 15) is 14.0 Å². The fourth-order valence-corrected chi connectivity index (χ4v) is 4.42. The Balaban J connectivity index is 1.74. The molecule has 8 heteroatoms. The molecule has 1 heterocycles. The van der Waals surface area contributed by atoms with Crippen LogP contribution < -0.4 is 10.6 Å². The number of hydrogen-bond donors (Lipinski definition) is 1. The van der Waals surface area contributed by atoms with Crippen molar-refractivity contribution in [2.45, 2.75) is 39.0 Å². The highest BCUT2D eigenvalue weighted by Gasteiger charge is 2.28. The molecule has 1 unspecified atom stereocenters. The molecule has 4 aromatic rings. The SMILES string of the molecule is CC(C(=O)N(C)c1cc(C(C)(C)C)nn1-c1cccc(Cl)c1)c1ccc(C(N)=O)c(-c2ccc(F)cc2)c1. The minimum Gasteiger partial charge on any atom is -0.366 e. The second kappa shape index (κ2) is 10.4. The summed E-state index contributed by atoms with van der Waals surface area (Å²) in [6.07, 6.45) is 0. The molecule has 0 aliphatic heterocycles. The molecule has 4 rings (SSSR count). The van der Waals surface area contributed by atoms with Crippen LogP contribution in [-0.4, -0.2) is 28.6 Å². The number of halogens is 2. The van der Waals surface area contributed by atoms with E-state index >= 15 is 0 Å². The summed E-state index contributed by atoms with van der Waals surface area (Å²) < 4.78 is 15.2. The van der Waals surface area contributed by atoms with Crippen LogP contribution in [0.25, 0.3) is 16.8 Å². The molecule has 2 amide bonds. The number of amides is 2. The number of carbonyl (C=O) groups excluding carboxylic acids is 2. The molecular weight excluding hydrogens is 503 g/mol. The van der Waals surface area contributed by atoms with Gasteiger partial charge in [-0.2, -0.15) is 5.10 Å². The van der Waals surface area contributed by atoms with Crippen molar-refractivity contribution in [3.8, 4) is 16.8 Å². The van der Waals surface area contributed by atoms with Crippen LogP contribution in [0.4, 0.5) is 10.2 Å². The predicted octanol–water partition coefficient (Wildman–Crippen LogP) is 6.49. The average Bonchev–Trinajstić information content (AvgIpc) is 3.34. The van der Waals surface area contributed by atoms with Crippen molar-refractivity contribution in [3.05, 3.63) is 100 Å². The van der Waals surface area contributed by atoms with Crippen LogP contribution in [0.2, 0.25) is 5.02 Å². The Bertz CT molecular complexity index is 1510. The number of aromatic nitrogens is 2. The largest absolute Gasteiger partial charge is 0.366 e. The normalized spacial score (nSPS) is 12.3. The van der Waals surface area contributed by atoms with Gasteiger partial charge in [0.25, 0.3) is 0 Å². The third-order valence-corrected chi connectivity index (χ3v) is 6.76. The Kier molecular flexibility index (Phi) is 7.42. The van der Waals surface area contributed by atoms with Crippen LogP contribution in [0, 0.1) is 5.82 Å². The maximum atomic E-state index is 13.8. The Morgan fingerprint density at radius 2 is 1.71 bits per heavy atom. The number of rotatable bonds is 6. The number of primary amides is 1. The second-order valence-electron chi connectivity index (χ2n) is 10.3. The zero-order valence-corrected chi connectivity index (χ0v) is 22.8. The molecule has 0 fully saturated rings. The van der Waals surface area contributed by atoms with Crippen molar-refractivity contribution < 1.29 is 14.0 Å². The standard InChI is InChI=1S/C30H30ClFN4O2/c1-18(20-11-14-24(28(33)37)25(15-20)19-9-12-22(32)13-10-19)29(38)35(5)27-17-26(30(2,3)4)34-36(27)23-8-6-7-21(31)16-23/h6-18H,1-5H3,(H2,33,37). The van der Waals surface area contributed by atoms with Crippen molar-refractivity contribution in [1.29, 1.82) is 0 Å². The van der Waals surface area contributed by atoms with Gasteiger partial charge in [0.05, 0.1) is 17.3 Å². The fourth-order valence-electron chi connectivity index (χ4n) is 4.23. The van der Waals surface area contributed by atoms with Gasteiger partial charge in [-0.25, -0.2) is 9.07 Å². The van der Waals surface area contributed by atoms with Crippen LogP contribution in [0.5, 0.6) is 0 Å². The van der Waals surface area contributed by atoms with E-state index in [4.69, 9.17) is 22.4 Å². The van der Waals surface area contributed by atoms with E-state index in [0.717, 1.165) is 11.4 Å². The summed E-state index contributed by atoms with van der Waals surface area (Å²) in [5, 5.41) is 5.36. The highest BCUT2D eigenvalue weighted by atomic mass is 35.5. The predicted molar refractivity (Wildman–Crippen MR) is 149 cm³/mol. The molecule has 0 radical (unpaired) electrons. The molecule has 1 aromatic heterocycles. The topological polar surface area (TPSA) is 81.2 Å². The van der Waals surface area contributed by atoms with Gasteiger partial charge in [-0.1, -0.05) is 56.6 Å². The van der Waals surface area contributed by atoms with Gasteiger partial charge in [0.15, 0.2) is 0 Å². The quantitative estimate of drug-likeness (QED) is 0.308. The number of anilines is 1. The van der Waals surface area contributed by atoms with Crippen molar-refractivity contribution in [2.75, 3.05) is 11.9 Å². The number of hydrogen-bond acceptors (Lipinski definition) is 3. The average molecular weight is 533 g/mol. The van der Waals surface area contributed by atoms with E-state index < -0.39 is 11.8 Å². The first-order valence-electron chi connectivity index (χ1n) is 12.2. The van der Waals surface area contributed by atoms with Gasteiger partial charge in [-0.05, 0) is 66.1 Å². The molecule has 0 aliphatic carbocycles. The lowest BCUT2D eigenvalue weighted by Gasteiger charge is -2.23. The summed E-state index contributed by atoms with van der Waals surface area (Å²) in [6, 6.07) is 20.1. The number of nitrogens with zero attached hydrogens (tertiary/aromatic N) is 3. The van der Waals surface area contributed by atoms with E-state index in [1.54, 1.807) is 66.0 Å². The molecule has 3 aromatic carbocycles. The molecule has 1 atom stereocenters. The fraction of sp³-hybridized carbons (Fsp3) is 0.233. The van der Waals surface area contributed by atoms with Crippen molar-refractivity contribution >= 4 is 29.2 Å². The second-order valence-corrected chi connectivity index (χ2v) is 10.8. The smallest absolute Gasteiger partial charge is 0.249 e. The van der Waals surface area contributed by atoms with Crippen molar-refractivity contribution in [2.24, 2.45) is 5.73 Å². The first kappa shape index (κ1) is 27.1. The first-order chi connectivity index (χ1) is 17.9. The Morgan fingerprint density at radius 3 is 2.32 bits per heavy atom. The molecule has 6 nitrogen and oxygen atoms in total. The molecule has 38 heavy (non-hydrogen) atoms. The Labute approximate surface area is 226 Å². The van der Waals surface area contributed by atoms with Crippen LogP contribution in [0.3, 0.4) is 0 Å². The van der Waals surface area contributed by atoms with Gasteiger partial charge in [0.1, 0.15) is 11.6 Å². The molecule has 0 bridgehead atoms. The molecule has 0 aliphatic rings. The number of carbonyl (C=O) groups is 2. The van der Waals surface area contributed by atoms with Crippen LogP contribution in [0.15, 0.2) is 72.8 Å². The monoisotopic (exact) mass is 532 g/mol. The van der Waals surface area contributed by atoms with Crippen LogP contribution in [0.1, 0.15) is 55.2 Å². The van der Waals surface area contributed by atoms with E-state index in [-0.39, 0.29) is 17.1 Å². The third-order valence-electron chi connectivity index (χ3n) is 6.52. The zero-order valence-electron chi connectivity index (χ0n) is 22.0. The lowest BCUT2D eigenvalue weighted by atomic mass is 9.91. The van der Waals surface area contributed by atoms with Crippen LogP contribution in [-0.2, 0) is 10.2 Å². The maximum Gasteiger partial charge on any atom is 0.249 e. The minimum absolute atomic E-state index is 0.175. The first-order valence-corrected chi connectivity index (χ1v) is 12.6. The van der Waals surface area contributed by atoms with Gasteiger partial charge >= 0.3 is 0 Å². The summed E-state index contributed by atoms with van der Waals surface area (Å²) >= 11 is 6.25. The summed E-state index contributed by atoms with van der Waals surface area (Å²) in [5.74, 6) is -1.14.